The molecule has 6 heteroatoms. The molecule has 0 aromatic carbocycles. The number of anilines is 1. The van der Waals surface area contributed by atoms with Crippen molar-refractivity contribution in [1.29, 1.82) is 0 Å². The van der Waals surface area contributed by atoms with Crippen LogP contribution in [0.4, 0.5) is 9.93 Å². The Morgan fingerprint density at radius 3 is 3.24 bits per heavy atom. The number of nitrogens with two attached hydrogens (primary N) is 1. The standard InChI is InChI=1S/C11H15N3O2S/c1-2-16-11(15)14-5-6-3-4-7(14)9-8(6)13-10(12)17-9/h6-7H,2-5H2,1H3,(H2,12,13). The Kier molecular flexibility index (Phi) is 2.47. The van der Waals surface area contributed by atoms with Crippen molar-refractivity contribution in [3.63, 3.8) is 0 Å². The van der Waals surface area contributed by atoms with Gasteiger partial charge in [-0.15, -0.1) is 0 Å². The molecular formula is C11H15N3O2S. The fourth-order valence-corrected chi connectivity index (χ4v) is 3.83. The predicted molar refractivity (Wildman–Crippen MR) is 65.0 cm³/mol. The molecule has 3 aliphatic rings. The van der Waals surface area contributed by atoms with Gasteiger partial charge in [0, 0.05) is 12.5 Å². The lowest BCUT2D eigenvalue weighted by Crippen LogP contribution is -2.45. The quantitative estimate of drug-likeness (QED) is 0.832. The average Bonchev–Trinajstić information content (AvgIpc) is 2.73. The highest BCUT2D eigenvalue weighted by Gasteiger charge is 2.43. The maximum atomic E-state index is 11.9. The Balaban J connectivity index is 1.93. The molecule has 4 rings (SSSR count). The lowest BCUT2D eigenvalue weighted by molar-refractivity contribution is 0.0642. The molecule has 0 saturated carbocycles. The van der Waals surface area contributed by atoms with E-state index in [-0.39, 0.29) is 12.1 Å². The van der Waals surface area contributed by atoms with Crippen LogP contribution in [0.5, 0.6) is 0 Å². The van der Waals surface area contributed by atoms with E-state index in [1.807, 2.05) is 11.8 Å². The van der Waals surface area contributed by atoms with Crippen molar-refractivity contribution in [2.75, 3.05) is 18.9 Å². The SMILES string of the molecule is CCOC(=O)N1CC2CCC1c1sc(N)nc12. The maximum absolute atomic E-state index is 11.9. The van der Waals surface area contributed by atoms with Gasteiger partial charge in [0.25, 0.3) is 0 Å². The predicted octanol–water partition coefficient (Wildman–Crippen LogP) is 2.12. The molecule has 2 aliphatic heterocycles. The van der Waals surface area contributed by atoms with Crippen molar-refractivity contribution in [2.45, 2.75) is 31.7 Å². The Morgan fingerprint density at radius 1 is 1.65 bits per heavy atom. The molecule has 1 aliphatic carbocycles. The molecule has 2 N–H and O–H groups in total. The topological polar surface area (TPSA) is 68.5 Å². The van der Waals surface area contributed by atoms with E-state index in [1.54, 1.807) is 0 Å². The van der Waals surface area contributed by atoms with E-state index in [0.717, 1.165) is 30.0 Å². The minimum Gasteiger partial charge on any atom is -0.450 e. The third-order valence-corrected chi connectivity index (χ3v) is 4.47. The van der Waals surface area contributed by atoms with E-state index in [1.165, 1.54) is 11.3 Å². The first-order chi connectivity index (χ1) is 8.20. The number of piperidine rings is 1. The normalized spacial score (nSPS) is 25.8. The fourth-order valence-electron chi connectivity index (χ4n) is 2.77. The van der Waals surface area contributed by atoms with Gasteiger partial charge in [-0.3, -0.25) is 4.90 Å². The van der Waals surface area contributed by atoms with Gasteiger partial charge in [0.1, 0.15) is 0 Å². The van der Waals surface area contributed by atoms with Gasteiger partial charge >= 0.3 is 6.09 Å². The highest BCUT2D eigenvalue weighted by molar-refractivity contribution is 7.15. The number of nitrogens with zero attached hydrogens (tertiary/aromatic N) is 2. The number of rotatable bonds is 1. The first kappa shape index (κ1) is 10.8. The summed E-state index contributed by atoms with van der Waals surface area (Å²) in [6, 6.07) is 0.129. The molecule has 1 amide bonds. The van der Waals surface area contributed by atoms with Crippen LogP contribution in [0.1, 0.15) is 42.3 Å². The zero-order valence-electron chi connectivity index (χ0n) is 9.68. The molecule has 2 atom stereocenters. The van der Waals surface area contributed by atoms with Gasteiger partial charge in [0.2, 0.25) is 0 Å². The first-order valence-corrected chi connectivity index (χ1v) is 6.71. The number of carbonyl (C=O) groups excluding carboxylic acids is 1. The molecule has 5 nitrogen and oxygen atoms in total. The van der Waals surface area contributed by atoms with Gasteiger partial charge in [0.15, 0.2) is 5.13 Å². The molecule has 1 aromatic heterocycles. The summed E-state index contributed by atoms with van der Waals surface area (Å²) in [5, 5.41) is 0.609. The minimum atomic E-state index is -0.208. The van der Waals surface area contributed by atoms with E-state index in [4.69, 9.17) is 10.5 Å². The summed E-state index contributed by atoms with van der Waals surface area (Å²) >= 11 is 1.51. The van der Waals surface area contributed by atoms with Gasteiger partial charge in [-0.1, -0.05) is 11.3 Å². The molecule has 0 spiro atoms. The molecule has 1 fully saturated rings. The maximum Gasteiger partial charge on any atom is 0.410 e. The van der Waals surface area contributed by atoms with Crippen LogP contribution < -0.4 is 5.73 Å². The van der Waals surface area contributed by atoms with Crippen molar-refractivity contribution < 1.29 is 9.53 Å². The van der Waals surface area contributed by atoms with Crippen LogP contribution in [0.25, 0.3) is 0 Å². The number of fused-ring (bicyclic) bond motifs is 2. The van der Waals surface area contributed by atoms with Crippen LogP contribution in [0.3, 0.4) is 0 Å². The second-order valence-electron chi connectivity index (χ2n) is 4.44. The Hall–Kier alpha value is -1.30. The third-order valence-electron chi connectivity index (χ3n) is 3.47. The molecule has 1 aromatic rings. The molecule has 2 unspecified atom stereocenters. The zero-order valence-corrected chi connectivity index (χ0v) is 10.5. The van der Waals surface area contributed by atoms with Crippen LogP contribution in [0.2, 0.25) is 0 Å². The molecule has 92 valence electrons. The highest BCUT2D eigenvalue weighted by Crippen LogP contribution is 2.49. The number of hydrogen-bond donors (Lipinski definition) is 1. The Morgan fingerprint density at radius 2 is 2.47 bits per heavy atom. The van der Waals surface area contributed by atoms with Gasteiger partial charge in [-0.2, -0.15) is 0 Å². The van der Waals surface area contributed by atoms with Crippen molar-refractivity contribution in [1.82, 2.24) is 9.88 Å². The summed E-state index contributed by atoms with van der Waals surface area (Å²) in [6.07, 6.45) is 1.88. The summed E-state index contributed by atoms with van der Waals surface area (Å²) in [5.74, 6) is 0.341. The van der Waals surface area contributed by atoms with Crippen LogP contribution in [0.15, 0.2) is 0 Å². The minimum absolute atomic E-state index is 0.129. The third kappa shape index (κ3) is 1.58. The largest absolute Gasteiger partial charge is 0.450 e. The number of amides is 1. The van der Waals surface area contributed by atoms with Crippen molar-refractivity contribution in [3.05, 3.63) is 10.6 Å². The van der Waals surface area contributed by atoms with Crippen LogP contribution in [0, 0.1) is 0 Å². The molecule has 3 heterocycles. The molecule has 2 bridgehead atoms. The summed E-state index contributed by atoms with van der Waals surface area (Å²) in [6.45, 7) is 2.97. The van der Waals surface area contributed by atoms with E-state index in [9.17, 15) is 4.79 Å². The van der Waals surface area contributed by atoms with E-state index in [0.29, 0.717) is 17.7 Å². The summed E-state index contributed by atoms with van der Waals surface area (Å²) < 4.78 is 5.10. The van der Waals surface area contributed by atoms with E-state index in [2.05, 4.69) is 4.98 Å². The van der Waals surface area contributed by atoms with Crippen molar-refractivity contribution in [2.24, 2.45) is 0 Å². The second-order valence-corrected chi connectivity index (χ2v) is 5.51. The average molecular weight is 253 g/mol. The number of aromatic nitrogens is 1. The number of hydrogen-bond acceptors (Lipinski definition) is 5. The fraction of sp³-hybridized carbons (Fsp3) is 0.636. The van der Waals surface area contributed by atoms with Gasteiger partial charge in [-0.25, -0.2) is 9.78 Å². The van der Waals surface area contributed by atoms with Crippen LogP contribution in [-0.4, -0.2) is 29.1 Å². The Bertz CT molecular complexity index is 460. The van der Waals surface area contributed by atoms with E-state index >= 15 is 0 Å². The first-order valence-electron chi connectivity index (χ1n) is 5.90. The van der Waals surface area contributed by atoms with E-state index < -0.39 is 0 Å². The molecule has 17 heavy (non-hydrogen) atoms. The molecular weight excluding hydrogens is 238 g/mol. The zero-order chi connectivity index (χ0) is 12.0. The van der Waals surface area contributed by atoms with Gasteiger partial charge in [-0.05, 0) is 19.8 Å². The van der Waals surface area contributed by atoms with Crippen molar-refractivity contribution >= 4 is 22.6 Å². The monoisotopic (exact) mass is 253 g/mol. The highest BCUT2D eigenvalue weighted by atomic mass is 32.1. The molecule has 1 saturated heterocycles. The lowest BCUT2D eigenvalue weighted by Gasteiger charge is -2.43. The summed E-state index contributed by atoms with van der Waals surface area (Å²) in [4.78, 5) is 19.2. The van der Waals surface area contributed by atoms with Crippen LogP contribution in [-0.2, 0) is 4.74 Å². The molecule has 0 radical (unpaired) electrons. The van der Waals surface area contributed by atoms with Gasteiger partial charge in [0.05, 0.1) is 23.2 Å². The van der Waals surface area contributed by atoms with Crippen molar-refractivity contribution in [3.8, 4) is 0 Å². The van der Waals surface area contributed by atoms with Crippen LogP contribution >= 0.6 is 11.3 Å². The number of carbonyl (C=O) groups is 1. The lowest BCUT2D eigenvalue weighted by atomic mass is 9.82. The summed E-state index contributed by atoms with van der Waals surface area (Å²) in [5.41, 5.74) is 6.88. The summed E-state index contributed by atoms with van der Waals surface area (Å²) in [7, 11) is 0. The number of thiazole rings is 1. The van der Waals surface area contributed by atoms with Gasteiger partial charge < -0.3 is 10.5 Å². The smallest absolute Gasteiger partial charge is 0.410 e. The second kappa shape index (κ2) is 3.87. The number of nitrogen functional groups attached to an aromatic ring is 1. The Labute approximate surface area is 104 Å². The number of ether oxygens (including phenoxy) is 1.